The average Bonchev–Trinajstić information content (AvgIpc) is 1.65. The van der Waals surface area contributed by atoms with Gasteiger partial charge in [0.05, 0.1) is 0 Å². The van der Waals surface area contributed by atoms with Gasteiger partial charge in [-0.25, -0.2) is 0 Å². The smallest absolute Gasteiger partial charge is 0.179 e. The number of nitrogens with zero attached hydrogens (tertiary/aromatic N) is 2. The Morgan fingerprint density at radius 1 is 0.244 bits per heavy atom. The van der Waals surface area contributed by atoms with Gasteiger partial charge < -0.3 is 34.1 Å². The van der Waals surface area contributed by atoms with Crippen LogP contribution >= 0.6 is 57.2 Å². The Bertz CT molecular complexity index is 8030. The number of aryl methyl sites for hydroxylation is 4. The summed E-state index contributed by atoms with van der Waals surface area (Å²) in [6.45, 7) is 8.54. The molecule has 0 spiro atoms. The Morgan fingerprint density at radius 2 is 0.575 bits per heavy atom. The third-order valence-electron chi connectivity index (χ3n) is 23.9. The van der Waals surface area contributed by atoms with Gasteiger partial charge in [0.1, 0.15) is 0 Å². The SMILES string of the molecule is C.Cc1cc(-c2c3c(c(-c4ccc(Cl)cc4)c4ccccc24)Oc2ccccc2O3)c(C)cc1Cl.Cc1cc(N(c2ccccc2)c2ccc3c(c2)sc2ccccc23)c(C)cc1-c1c2c(c(-c3ccc(N(c4ccccc4)c4ccc5c(c4)sc4ccccc45)cc3)c3ccccc13)Oc1ccccc1O2.c1ccc(Nc2ccc3c(c2)sc2ccccc23)cc1. The summed E-state index contributed by atoms with van der Waals surface area (Å²) in [7, 11) is 0. The first kappa shape index (κ1) is 79.7. The van der Waals surface area contributed by atoms with Crippen molar-refractivity contribution in [2.45, 2.75) is 35.1 Å². The van der Waals surface area contributed by atoms with Gasteiger partial charge in [-0.15, -0.1) is 34.0 Å². The molecule has 24 rings (SSSR count). The minimum atomic E-state index is 0. The molecule has 2 aliphatic heterocycles. The Morgan fingerprint density at radius 3 is 1.04 bits per heavy atom. The number of anilines is 8. The maximum Gasteiger partial charge on any atom is 0.179 e. The lowest BCUT2D eigenvalue weighted by molar-refractivity contribution is 0.362. The molecule has 0 amide bonds. The van der Waals surface area contributed by atoms with Gasteiger partial charge >= 0.3 is 0 Å². The summed E-state index contributed by atoms with van der Waals surface area (Å²) in [6.07, 6.45) is 0. The van der Waals surface area contributed by atoms with Crippen LogP contribution in [0.4, 0.5) is 45.5 Å². The summed E-state index contributed by atoms with van der Waals surface area (Å²) in [4.78, 5) is 4.74. The summed E-state index contributed by atoms with van der Waals surface area (Å²) >= 11 is 18.2. The summed E-state index contributed by atoms with van der Waals surface area (Å²) in [5.41, 5.74) is 21.4. The maximum atomic E-state index is 7.10. The van der Waals surface area contributed by atoms with Gasteiger partial charge in [0.2, 0.25) is 0 Å². The molecular formula is C115H81Cl2N3O4S3. The molecule has 127 heavy (non-hydrogen) atoms. The lowest BCUT2D eigenvalue weighted by Crippen LogP contribution is -2.12. The Kier molecular flexibility index (Phi) is 21.1. The summed E-state index contributed by atoms with van der Waals surface area (Å²) in [5.74, 6) is 5.57. The molecule has 0 saturated heterocycles. The van der Waals surface area contributed by atoms with Gasteiger partial charge in [-0.05, 0) is 258 Å². The average molecular weight is 1740 g/mol. The van der Waals surface area contributed by atoms with Crippen molar-refractivity contribution in [1.82, 2.24) is 0 Å². The molecule has 22 aromatic rings. The van der Waals surface area contributed by atoms with E-state index < -0.39 is 0 Å². The first-order chi connectivity index (χ1) is 61.9. The van der Waals surface area contributed by atoms with E-state index in [1.165, 1.54) is 60.5 Å². The van der Waals surface area contributed by atoms with Gasteiger partial charge in [0, 0.05) is 138 Å². The van der Waals surface area contributed by atoms with Crippen LogP contribution in [0.3, 0.4) is 0 Å². The minimum absolute atomic E-state index is 0. The summed E-state index contributed by atoms with van der Waals surface area (Å²) in [5, 5.41) is 17.1. The molecule has 0 fully saturated rings. The molecule has 3 aromatic heterocycles. The van der Waals surface area contributed by atoms with Crippen LogP contribution in [0.15, 0.2) is 388 Å². The summed E-state index contributed by atoms with van der Waals surface area (Å²) < 4.78 is 35.2. The second-order valence-electron chi connectivity index (χ2n) is 31.8. The number of thiophene rings is 3. The number of rotatable bonds is 12. The van der Waals surface area contributed by atoms with E-state index in [0.29, 0.717) is 51.0 Å². The van der Waals surface area contributed by atoms with E-state index in [0.717, 1.165) is 139 Å². The largest absolute Gasteiger partial charge is 0.449 e. The van der Waals surface area contributed by atoms with Crippen molar-refractivity contribution in [3.8, 4) is 90.5 Å². The predicted octanol–water partition coefficient (Wildman–Crippen LogP) is 36.8. The van der Waals surface area contributed by atoms with Crippen LogP contribution in [-0.2, 0) is 0 Å². The van der Waals surface area contributed by atoms with Gasteiger partial charge in [-0.2, -0.15) is 0 Å². The van der Waals surface area contributed by atoms with Gasteiger partial charge in [0.25, 0.3) is 0 Å². The zero-order chi connectivity index (χ0) is 84.6. The Hall–Kier alpha value is -14.5. The number of benzene rings is 19. The molecule has 2 aliphatic rings. The highest BCUT2D eigenvalue weighted by molar-refractivity contribution is 7.26. The monoisotopic (exact) mass is 1730 g/mol. The number of nitrogens with one attached hydrogen (secondary N) is 1. The molecule has 12 heteroatoms. The molecule has 19 aromatic carbocycles. The van der Waals surface area contributed by atoms with E-state index in [1.807, 2.05) is 138 Å². The van der Waals surface area contributed by atoms with Crippen molar-refractivity contribution < 1.29 is 18.9 Å². The number of hydrogen-bond acceptors (Lipinski definition) is 10. The highest BCUT2D eigenvalue weighted by atomic mass is 35.5. The number of halogens is 2. The molecule has 0 unspecified atom stereocenters. The van der Waals surface area contributed by atoms with Crippen LogP contribution in [0, 0.1) is 27.7 Å². The third-order valence-corrected chi connectivity index (χ3v) is 27.9. The highest BCUT2D eigenvalue weighted by Crippen LogP contribution is 2.61. The second-order valence-corrected chi connectivity index (χ2v) is 35.9. The van der Waals surface area contributed by atoms with E-state index in [2.05, 4.69) is 327 Å². The van der Waals surface area contributed by atoms with Gasteiger partial charge in [-0.3, -0.25) is 0 Å². The fourth-order valence-corrected chi connectivity index (χ4v) is 21.7. The van der Waals surface area contributed by atoms with Crippen molar-refractivity contribution in [1.29, 1.82) is 0 Å². The van der Waals surface area contributed by atoms with E-state index in [-0.39, 0.29) is 7.43 Å². The van der Waals surface area contributed by atoms with E-state index in [9.17, 15) is 0 Å². The zero-order valence-electron chi connectivity index (χ0n) is 69.0. The predicted molar refractivity (Wildman–Crippen MR) is 543 cm³/mol. The lowest BCUT2D eigenvalue weighted by Gasteiger charge is -2.30. The van der Waals surface area contributed by atoms with Crippen molar-refractivity contribution in [2.24, 2.45) is 0 Å². The van der Waals surface area contributed by atoms with Crippen molar-refractivity contribution >= 4 is 185 Å². The van der Waals surface area contributed by atoms with Crippen LogP contribution in [0.2, 0.25) is 10.0 Å². The Labute approximate surface area is 759 Å². The second kappa shape index (κ2) is 33.6. The first-order valence-electron chi connectivity index (χ1n) is 42.0. The van der Waals surface area contributed by atoms with Crippen LogP contribution in [0.25, 0.3) is 127 Å². The molecule has 7 nitrogen and oxygen atoms in total. The van der Waals surface area contributed by atoms with Crippen LogP contribution in [-0.4, -0.2) is 0 Å². The van der Waals surface area contributed by atoms with Crippen molar-refractivity contribution in [3.05, 3.63) is 421 Å². The number of para-hydroxylation sites is 7. The maximum absolute atomic E-state index is 7.10. The summed E-state index contributed by atoms with van der Waals surface area (Å²) in [6, 6.07) is 136. The normalized spacial score (nSPS) is 11.7. The number of fused-ring (bicyclic) bond motifs is 15. The molecule has 612 valence electrons. The van der Waals surface area contributed by atoms with Crippen molar-refractivity contribution in [2.75, 3.05) is 15.1 Å². The van der Waals surface area contributed by atoms with Crippen molar-refractivity contribution in [3.63, 3.8) is 0 Å². The van der Waals surface area contributed by atoms with E-state index in [4.69, 9.17) is 42.1 Å². The van der Waals surface area contributed by atoms with E-state index >= 15 is 0 Å². The van der Waals surface area contributed by atoms with Gasteiger partial charge in [0.15, 0.2) is 46.0 Å². The van der Waals surface area contributed by atoms with Gasteiger partial charge in [-0.1, -0.05) is 255 Å². The fraction of sp³-hybridized carbons (Fsp3) is 0.0435. The molecule has 0 atom stereocenters. The third kappa shape index (κ3) is 14.7. The lowest BCUT2D eigenvalue weighted by atomic mass is 9.87. The molecule has 5 heterocycles. The quantitative estimate of drug-likeness (QED) is 0.131. The molecule has 1 N–H and O–H groups in total. The Balaban J connectivity index is 0.000000146. The molecule has 0 saturated carbocycles. The molecular weight excluding hydrogens is 1650 g/mol. The minimum Gasteiger partial charge on any atom is -0.449 e. The topological polar surface area (TPSA) is 55.4 Å². The number of hydrogen-bond donors (Lipinski definition) is 1. The van der Waals surface area contributed by atoms with Crippen LogP contribution in [0.5, 0.6) is 46.0 Å². The van der Waals surface area contributed by atoms with E-state index in [1.54, 1.807) is 0 Å². The molecule has 0 radical (unpaired) electrons. The zero-order valence-corrected chi connectivity index (χ0v) is 72.9. The fourth-order valence-electron chi connectivity index (χ4n) is 17.9. The molecule has 0 aliphatic carbocycles. The van der Waals surface area contributed by atoms with Crippen LogP contribution in [0.1, 0.15) is 29.7 Å². The molecule has 0 bridgehead atoms. The first-order valence-corrected chi connectivity index (χ1v) is 45.2. The van der Waals surface area contributed by atoms with Crippen LogP contribution < -0.4 is 34.1 Å². The number of ether oxygens (including phenoxy) is 4. The standard InChI is InChI=1S/C66H44N2O2S2.C30H20Cl2O2.C18H13NS.CH4/c1-41-38-56(68(45-19-7-4-8-20-45)48-34-36-52-50-22-12-16-28-60(50)72-62(52)40-48)42(2)37-55(41)64-54-24-10-9-23-53(54)63(65-66(64)70-58-26-14-13-25-57(58)69-65)43-29-31-46(32-30-43)67(44-17-5-3-6-18-44)47-33-35-51-49-21-11-15-27-59(49)71-61(51)39-47;1-17-16-24(32)18(2)15-23(17)28-22-8-4-3-7-21(22)27(19-11-13-20(31)14-12-19)29-30(28)34-26-10-6-5-9-25(26)33-29;1-2-6-13(7-3-1)19-14-10-11-16-15-8-4-5-9-17(15)20-18(16)12-14;/h3-40H,1-2H3;3-16H,1-2H3;1-12,19H;1H4. The highest BCUT2D eigenvalue weighted by Gasteiger charge is 2.34.